The van der Waals surface area contributed by atoms with E-state index in [9.17, 15) is 22.8 Å². The number of halogens is 3. The molecule has 0 bridgehead atoms. The molecule has 0 radical (unpaired) electrons. The summed E-state index contributed by atoms with van der Waals surface area (Å²) in [4.78, 5) is 21.9. The van der Waals surface area contributed by atoms with Crippen LogP contribution in [0.2, 0.25) is 0 Å². The molecule has 2 aliphatic carbocycles. The minimum Gasteiger partial charge on any atom is -0.480 e. The molecular formula is C12H14F3NO3. The molecule has 0 heterocycles. The van der Waals surface area contributed by atoms with E-state index in [1.807, 2.05) is 0 Å². The highest BCUT2D eigenvalue weighted by Gasteiger charge is 2.52. The van der Waals surface area contributed by atoms with Crippen molar-refractivity contribution in [2.45, 2.75) is 31.9 Å². The lowest BCUT2D eigenvalue weighted by Gasteiger charge is -2.44. The van der Waals surface area contributed by atoms with Crippen LogP contribution in [0.3, 0.4) is 0 Å². The number of nitrogens with one attached hydrogen (secondary N) is 1. The van der Waals surface area contributed by atoms with Gasteiger partial charge in [0.15, 0.2) is 0 Å². The maximum atomic E-state index is 12.5. The number of carbonyl (C=O) groups excluding carboxylic acids is 1. The fourth-order valence-corrected chi connectivity index (χ4v) is 2.97. The number of hydrogen-bond acceptors (Lipinski definition) is 3. The third kappa shape index (κ3) is 2.59. The molecule has 0 aromatic rings. The average Bonchev–Trinajstić information content (AvgIpc) is 2.28. The van der Waals surface area contributed by atoms with Gasteiger partial charge in [-0.1, -0.05) is 12.8 Å². The van der Waals surface area contributed by atoms with Gasteiger partial charge < -0.3 is 10.4 Å². The van der Waals surface area contributed by atoms with Crippen LogP contribution < -0.4 is 5.32 Å². The van der Waals surface area contributed by atoms with Crippen LogP contribution in [0.5, 0.6) is 0 Å². The van der Waals surface area contributed by atoms with E-state index in [0.717, 1.165) is 12.8 Å². The van der Waals surface area contributed by atoms with Crippen LogP contribution in [-0.2, 0) is 9.59 Å². The summed E-state index contributed by atoms with van der Waals surface area (Å²) in [6.45, 7) is -0.465. The molecule has 1 fully saturated rings. The van der Waals surface area contributed by atoms with Gasteiger partial charge in [0.25, 0.3) is 5.78 Å². The molecule has 0 spiro atoms. The van der Waals surface area contributed by atoms with Gasteiger partial charge in [0, 0.05) is 17.2 Å². The van der Waals surface area contributed by atoms with Crippen molar-refractivity contribution in [1.82, 2.24) is 5.32 Å². The standard InChI is InChI=1S/C12H14F3NO3/c13-12(14,15)11(19)9-6-3-1-2-4-7(6)10(9)16-5-8(17)18/h6-7,16H,1-5H2,(H,17,18). The van der Waals surface area contributed by atoms with Gasteiger partial charge in [-0.25, -0.2) is 0 Å². The van der Waals surface area contributed by atoms with E-state index in [1.54, 1.807) is 0 Å². The topological polar surface area (TPSA) is 66.4 Å². The molecule has 4 nitrogen and oxygen atoms in total. The average molecular weight is 277 g/mol. The van der Waals surface area contributed by atoms with E-state index in [-0.39, 0.29) is 23.1 Å². The highest BCUT2D eigenvalue weighted by atomic mass is 19.4. The Morgan fingerprint density at radius 3 is 2.32 bits per heavy atom. The van der Waals surface area contributed by atoms with Crippen LogP contribution in [0.1, 0.15) is 25.7 Å². The molecular weight excluding hydrogens is 263 g/mol. The van der Waals surface area contributed by atoms with Crippen molar-refractivity contribution >= 4 is 11.8 Å². The Kier molecular flexibility index (Phi) is 3.56. The van der Waals surface area contributed by atoms with Gasteiger partial charge in [-0.2, -0.15) is 13.2 Å². The second kappa shape index (κ2) is 4.86. The second-order valence-corrected chi connectivity index (χ2v) is 4.90. The van der Waals surface area contributed by atoms with Crippen LogP contribution in [0.4, 0.5) is 13.2 Å². The second-order valence-electron chi connectivity index (χ2n) is 4.90. The number of rotatable bonds is 4. The molecule has 0 saturated heterocycles. The van der Waals surface area contributed by atoms with Gasteiger partial charge in [-0.3, -0.25) is 9.59 Å². The van der Waals surface area contributed by atoms with Crippen molar-refractivity contribution in [3.05, 3.63) is 11.3 Å². The quantitative estimate of drug-likeness (QED) is 0.823. The van der Waals surface area contributed by atoms with Gasteiger partial charge in [0.1, 0.15) is 6.54 Å². The zero-order valence-electron chi connectivity index (χ0n) is 10.1. The fourth-order valence-electron chi connectivity index (χ4n) is 2.97. The number of Topliss-reactive ketones (excluding diaryl/α,β-unsaturated/α-hetero) is 1. The number of alkyl halides is 3. The monoisotopic (exact) mass is 277 g/mol. The molecule has 7 heteroatoms. The molecule has 0 amide bonds. The summed E-state index contributed by atoms with van der Waals surface area (Å²) in [5.41, 5.74) is -0.0622. The number of carbonyl (C=O) groups is 2. The van der Waals surface area contributed by atoms with Gasteiger partial charge in [-0.15, -0.1) is 0 Å². The van der Waals surface area contributed by atoms with Crippen LogP contribution in [-0.4, -0.2) is 29.6 Å². The van der Waals surface area contributed by atoms with Crippen molar-refractivity contribution in [2.75, 3.05) is 6.54 Å². The summed E-state index contributed by atoms with van der Waals surface area (Å²) in [7, 11) is 0. The molecule has 2 N–H and O–H groups in total. The summed E-state index contributed by atoms with van der Waals surface area (Å²) in [6, 6.07) is 0. The third-order valence-electron chi connectivity index (χ3n) is 3.73. The highest BCUT2D eigenvalue weighted by molar-refractivity contribution is 6.02. The van der Waals surface area contributed by atoms with E-state index in [2.05, 4.69) is 5.32 Å². The predicted molar refractivity (Wildman–Crippen MR) is 59.2 cm³/mol. The molecule has 0 aliphatic heterocycles. The summed E-state index contributed by atoms with van der Waals surface area (Å²) >= 11 is 0. The number of hydrogen-bond donors (Lipinski definition) is 2. The third-order valence-corrected chi connectivity index (χ3v) is 3.73. The van der Waals surface area contributed by atoms with E-state index in [1.165, 1.54) is 0 Å². The molecule has 19 heavy (non-hydrogen) atoms. The Hall–Kier alpha value is -1.53. The van der Waals surface area contributed by atoms with Gasteiger partial charge in [0.2, 0.25) is 0 Å². The van der Waals surface area contributed by atoms with E-state index in [4.69, 9.17) is 5.11 Å². The molecule has 2 aliphatic rings. The van der Waals surface area contributed by atoms with Crippen molar-refractivity contribution in [1.29, 1.82) is 0 Å². The van der Waals surface area contributed by atoms with Crippen molar-refractivity contribution in [2.24, 2.45) is 11.8 Å². The van der Waals surface area contributed by atoms with Crippen molar-refractivity contribution in [3.63, 3.8) is 0 Å². The van der Waals surface area contributed by atoms with E-state index in [0.29, 0.717) is 12.8 Å². The number of carboxylic acid groups (broad SMARTS) is 1. The molecule has 0 aromatic carbocycles. The van der Waals surface area contributed by atoms with Crippen LogP contribution in [0.25, 0.3) is 0 Å². The number of aliphatic carboxylic acids is 1. The first kappa shape index (κ1) is 13.9. The summed E-state index contributed by atoms with van der Waals surface area (Å²) in [5, 5.41) is 11.1. The largest absolute Gasteiger partial charge is 0.480 e. The zero-order valence-corrected chi connectivity index (χ0v) is 10.1. The first-order chi connectivity index (χ1) is 8.82. The van der Waals surface area contributed by atoms with Crippen molar-refractivity contribution < 1.29 is 27.9 Å². The summed E-state index contributed by atoms with van der Waals surface area (Å²) in [5.74, 6) is -3.47. The number of ketones is 1. The number of carboxylic acids is 1. The molecule has 2 rings (SSSR count). The lowest BCUT2D eigenvalue weighted by Crippen LogP contribution is -2.46. The normalized spacial score (nSPS) is 26.5. The Morgan fingerprint density at radius 2 is 1.79 bits per heavy atom. The first-order valence-corrected chi connectivity index (χ1v) is 6.13. The molecule has 1 saturated carbocycles. The Balaban J connectivity index is 2.24. The zero-order chi connectivity index (χ0) is 14.2. The van der Waals surface area contributed by atoms with Crippen LogP contribution in [0.15, 0.2) is 11.3 Å². The van der Waals surface area contributed by atoms with Gasteiger partial charge in [0.05, 0.1) is 0 Å². The maximum Gasteiger partial charge on any atom is 0.454 e. The molecule has 0 aromatic heterocycles. The number of fused-ring (bicyclic) bond motifs is 1. The van der Waals surface area contributed by atoms with Crippen molar-refractivity contribution in [3.8, 4) is 0 Å². The minimum atomic E-state index is -4.89. The predicted octanol–water partition coefficient (Wildman–Crippen LogP) is 1.87. The molecule has 106 valence electrons. The summed E-state index contributed by atoms with van der Waals surface area (Å²) in [6.07, 6.45) is -1.91. The summed E-state index contributed by atoms with van der Waals surface area (Å²) < 4.78 is 37.6. The SMILES string of the molecule is O=C(O)CNC1=C(C(=O)C(F)(F)F)C2CCCCC12. The smallest absolute Gasteiger partial charge is 0.454 e. The highest BCUT2D eigenvalue weighted by Crippen LogP contribution is 2.50. The lowest BCUT2D eigenvalue weighted by molar-refractivity contribution is -0.168. The Morgan fingerprint density at radius 1 is 1.21 bits per heavy atom. The first-order valence-electron chi connectivity index (χ1n) is 6.13. The van der Waals surface area contributed by atoms with E-state index < -0.39 is 24.5 Å². The van der Waals surface area contributed by atoms with Gasteiger partial charge in [-0.05, 0) is 18.8 Å². The van der Waals surface area contributed by atoms with E-state index >= 15 is 0 Å². The minimum absolute atomic E-state index is 0.116. The fraction of sp³-hybridized carbons (Fsp3) is 0.667. The lowest BCUT2D eigenvalue weighted by atomic mass is 9.62. The molecule has 2 unspecified atom stereocenters. The van der Waals surface area contributed by atoms with Crippen LogP contribution in [0, 0.1) is 11.8 Å². The van der Waals surface area contributed by atoms with Gasteiger partial charge >= 0.3 is 12.1 Å². The molecule has 2 atom stereocenters. The number of allylic oxidation sites excluding steroid dienone is 2. The maximum absolute atomic E-state index is 12.5. The van der Waals surface area contributed by atoms with Crippen LogP contribution >= 0.6 is 0 Å². The Bertz CT molecular complexity index is 442. The Labute approximate surface area is 107 Å².